The third-order valence-electron chi connectivity index (χ3n) is 3.69. The molecule has 2 N–H and O–H groups in total. The molecule has 4 rings (SSSR count). The van der Waals surface area contributed by atoms with Crippen molar-refractivity contribution in [2.75, 3.05) is 0 Å². The van der Waals surface area contributed by atoms with Crippen molar-refractivity contribution < 1.29 is 4.79 Å². The van der Waals surface area contributed by atoms with Crippen LogP contribution in [0.15, 0.2) is 47.8 Å². The molecule has 1 amide bonds. The standard InChI is InChI=1S/C15H13N7O2/c23-13(8-21-9-18-10-3-1-2-4-11(10)21)17-7-12-19-20-14-15(24)16-5-6-22(12)14/h1-6,9H,7-8H2,(H,16,24)(H,17,23). The van der Waals surface area contributed by atoms with Gasteiger partial charge in [-0.1, -0.05) is 12.1 Å². The predicted molar refractivity (Wildman–Crippen MR) is 85.2 cm³/mol. The molecular weight excluding hydrogens is 310 g/mol. The molecule has 9 heteroatoms. The highest BCUT2D eigenvalue weighted by molar-refractivity contribution is 5.80. The molecule has 0 aliphatic carbocycles. The van der Waals surface area contributed by atoms with Gasteiger partial charge in [-0.05, 0) is 12.1 Å². The maximum Gasteiger partial charge on any atom is 0.293 e. The molecule has 9 nitrogen and oxygen atoms in total. The zero-order valence-electron chi connectivity index (χ0n) is 12.5. The summed E-state index contributed by atoms with van der Waals surface area (Å²) in [5.74, 6) is 0.305. The number of aromatic amines is 1. The Kier molecular flexibility index (Phi) is 3.30. The van der Waals surface area contributed by atoms with Crippen molar-refractivity contribution in [3.05, 3.63) is 59.2 Å². The third-order valence-corrected chi connectivity index (χ3v) is 3.69. The second-order valence-corrected chi connectivity index (χ2v) is 5.24. The molecule has 0 bridgehead atoms. The van der Waals surface area contributed by atoms with Crippen LogP contribution in [0.1, 0.15) is 5.82 Å². The van der Waals surface area contributed by atoms with Gasteiger partial charge in [0.1, 0.15) is 6.54 Å². The first-order valence-corrected chi connectivity index (χ1v) is 7.30. The lowest BCUT2D eigenvalue weighted by Gasteiger charge is -2.06. The molecule has 0 spiro atoms. The number of rotatable bonds is 4. The summed E-state index contributed by atoms with van der Waals surface area (Å²) in [5, 5.41) is 10.5. The third kappa shape index (κ3) is 2.41. The fourth-order valence-corrected chi connectivity index (χ4v) is 2.53. The Morgan fingerprint density at radius 1 is 1.25 bits per heavy atom. The van der Waals surface area contributed by atoms with Crippen LogP contribution in [-0.4, -0.2) is 35.0 Å². The first kappa shape index (κ1) is 14.1. The van der Waals surface area contributed by atoms with Crippen LogP contribution >= 0.6 is 0 Å². The summed E-state index contributed by atoms with van der Waals surface area (Å²) in [6, 6.07) is 7.60. The first-order valence-electron chi connectivity index (χ1n) is 7.30. The highest BCUT2D eigenvalue weighted by atomic mass is 16.2. The molecule has 0 unspecified atom stereocenters. The van der Waals surface area contributed by atoms with Crippen LogP contribution in [0.5, 0.6) is 0 Å². The molecule has 0 aliphatic heterocycles. The summed E-state index contributed by atoms with van der Waals surface area (Å²) in [6.07, 6.45) is 4.78. The van der Waals surface area contributed by atoms with E-state index in [1.54, 1.807) is 21.5 Å². The summed E-state index contributed by atoms with van der Waals surface area (Å²) in [6.45, 7) is 0.327. The van der Waals surface area contributed by atoms with Crippen molar-refractivity contribution in [2.24, 2.45) is 0 Å². The van der Waals surface area contributed by atoms with E-state index in [4.69, 9.17) is 0 Å². The van der Waals surface area contributed by atoms with Crippen molar-refractivity contribution in [3.63, 3.8) is 0 Å². The predicted octanol–water partition coefficient (Wildman–Crippen LogP) is 0.0837. The molecule has 0 radical (unpaired) electrons. The molecular formula is C15H13N7O2. The number of amides is 1. The topological polar surface area (TPSA) is 110 Å². The number of H-pyrrole nitrogens is 1. The molecule has 1 aromatic carbocycles. The number of aromatic nitrogens is 6. The Balaban J connectivity index is 1.48. The molecule has 0 saturated carbocycles. The van der Waals surface area contributed by atoms with Gasteiger partial charge in [0.2, 0.25) is 11.6 Å². The van der Waals surface area contributed by atoms with Crippen molar-refractivity contribution in [2.45, 2.75) is 13.1 Å². The van der Waals surface area contributed by atoms with Crippen molar-refractivity contribution in [1.29, 1.82) is 0 Å². The molecule has 0 atom stereocenters. The van der Waals surface area contributed by atoms with Gasteiger partial charge in [0, 0.05) is 12.4 Å². The van der Waals surface area contributed by atoms with Crippen LogP contribution in [0, 0.1) is 0 Å². The van der Waals surface area contributed by atoms with Crippen LogP contribution in [0.4, 0.5) is 0 Å². The number of fused-ring (bicyclic) bond motifs is 2. The Morgan fingerprint density at radius 2 is 2.12 bits per heavy atom. The second kappa shape index (κ2) is 5.61. The lowest BCUT2D eigenvalue weighted by Crippen LogP contribution is -2.27. The summed E-state index contributed by atoms with van der Waals surface area (Å²) in [7, 11) is 0. The van der Waals surface area contributed by atoms with E-state index in [9.17, 15) is 9.59 Å². The quantitative estimate of drug-likeness (QED) is 0.553. The normalized spacial score (nSPS) is 11.2. The van der Waals surface area contributed by atoms with E-state index in [0.717, 1.165) is 11.0 Å². The molecule has 3 heterocycles. The van der Waals surface area contributed by atoms with E-state index in [2.05, 4.69) is 25.5 Å². The van der Waals surface area contributed by atoms with Gasteiger partial charge < -0.3 is 14.9 Å². The van der Waals surface area contributed by atoms with E-state index in [1.165, 1.54) is 6.20 Å². The Labute approximate surface area is 135 Å². The van der Waals surface area contributed by atoms with Crippen LogP contribution in [0.2, 0.25) is 0 Å². The van der Waals surface area contributed by atoms with E-state index in [1.807, 2.05) is 24.3 Å². The van der Waals surface area contributed by atoms with Gasteiger partial charge in [-0.25, -0.2) is 4.98 Å². The molecule has 24 heavy (non-hydrogen) atoms. The number of hydrogen-bond donors (Lipinski definition) is 2. The molecule has 3 aromatic heterocycles. The highest BCUT2D eigenvalue weighted by Crippen LogP contribution is 2.11. The Hall–Kier alpha value is -3.49. The van der Waals surface area contributed by atoms with Gasteiger partial charge in [-0.3, -0.25) is 14.0 Å². The monoisotopic (exact) mass is 323 g/mol. The number of benzene rings is 1. The second-order valence-electron chi connectivity index (χ2n) is 5.24. The van der Waals surface area contributed by atoms with Gasteiger partial charge >= 0.3 is 0 Å². The van der Waals surface area contributed by atoms with Crippen LogP contribution in [0.3, 0.4) is 0 Å². The molecule has 0 aliphatic rings. The van der Waals surface area contributed by atoms with Crippen molar-refractivity contribution >= 4 is 22.6 Å². The van der Waals surface area contributed by atoms with E-state index in [0.29, 0.717) is 5.82 Å². The average Bonchev–Trinajstić information content (AvgIpc) is 3.19. The molecule has 120 valence electrons. The molecule has 0 fully saturated rings. The SMILES string of the molecule is O=C(Cn1cnc2ccccc21)NCc1nnc2c(=O)[nH]ccn12. The number of carbonyl (C=O) groups is 1. The fraction of sp³-hybridized carbons (Fsp3) is 0.133. The average molecular weight is 323 g/mol. The zero-order chi connectivity index (χ0) is 16.5. The summed E-state index contributed by atoms with van der Waals surface area (Å²) >= 11 is 0. The Bertz CT molecular complexity index is 1090. The van der Waals surface area contributed by atoms with Gasteiger partial charge in [0.05, 0.1) is 23.9 Å². The summed E-state index contributed by atoms with van der Waals surface area (Å²) in [5.41, 5.74) is 1.61. The fourth-order valence-electron chi connectivity index (χ4n) is 2.53. The smallest absolute Gasteiger partial charge is 0.293 e. The Morgan fingerprint density at radius 3 is 3.04 bits per heavy atom. The first-order chi connectivity index (χ1) is 11.7. The molecule has 0 saturated heterocycles. The molecule has 4 aromatic rings. The maximum atomic E-state index is 12.2. The minimum Gasteiger partial charge on any atom is -0.347 e. The van der Waals surface area contributed by atoms with Gasteiger partial charge in [0.15, 0.2) is 5.82 Å². The minimum absolute atomic E-state index is 0.151. The van der Waals surface area contributed by atoms with Crippen LogP contribution in [-0.2, 0) is 17.9 Å². The minimum atomic E-state index is -0.326. The highest BCUT2D eigenvalue weighted by Gasteiger charge is 2.10. The lowest BCUT2D eigenvalue weighted by atomic mass is 10.3. The lowest BCUT2D eigenvalue weighted by molar-refractivity contribution is -0.121. The van der Waals surface area contributed by atoms with E-state index in [-0.39, 0.29) is 30.2 Å². The van der Waals surface area contributed by atoms with Crippen molar-refractivity contribution in [3.8, 4) is 0 Å². The number of nitrogens with zero attached hydrogens (tertiary/aromatic N) is 5. The largest absolute Gasteiger partial charge is 0.347 e. The number of nitrogens with one attached hydrogen (secondary N) is 2. The zero-order valence-corrected chi connectivity index (χ0v) is 12.5. The van der Waals surface area contributed by atoms with Gasteiger partial charge in [-0.2, -0.15) is 0 Å². The number of hydrogen-bond acceptors (Lipinski definition) is 5. The maximum absolute atomic E-state index is 12.2. The van der Waals surface area contributed by atoms with E-state index >= 15 is 0 Å². The number of para-hydroxylation sites is 2. The summed E-state index contributed by atoms with van der Waals surface area (Å²) < 4.78 is 3.32. The van der Waals surface area contributed by atoms with Gasteiger partial charge in [0.25, 0.3) is 5.56 Å². The van der Waals surface area contributed by atoms with E-state index < -0.39 is 0 Å². The van der Waals surface area contributed by atoms with Crippen LogP contribution in [0.25, 0.3) is 16.7 Å². The van der Waals surface area contributed by atoms with Crippen molar-refractivity contribution in [1.82, 2.24) is 34.4 Å². The van der Waals surface area contributed by atoms with Crippen LogP contribution < -0.4 is 10.9 Å². The summed E-state index contributed by atoms with van der Waals surface area (Å²) in [4.78, 5) is 30.5. The number of carbonyl (C=O) groups excluding carboxylic acids is 1. The number of imidazole rings is 1. The van der Waals surface area contributed by atoms with Gasteiger partial charge in [-0.15, -0.1) is 10.2 Å².